The van der Waals surface area contributed by atoms with E-state index < -0.39 is 5.92 Å². The van der Waals surface area contributed by atoms with Crippen LogP contribution < -0.4 is 5.32 Å². The lowest BCUT2D eigenvalue weighted by atomic mass is 9.83. The molecule has 33 heavy (non-hydrogen) atoms. The van der Waals surface area contributed by atoms with Crippen molar-refractivity contribution < 1.29 is 13.6 Å². The Kier molecular flexibility index (Phi) is 6.70. The van der Waals surface area contributed by atoms with E-state index in [1.54, 1.807) is 24.4 Å². The molecule has 1 fully saturated rings. The summed E-state index contributed by atoms with van der Waals surface area (Å²) in [5.74, 6) is -2.40. The molecule has 2 aromatic heterocycles. The number of nitrogens with one attached hydrogen (secondary N) is 1. The Hall–Kier alpha value is -2.93. The number of alkyl halides is 2. The van der Waals surface area contributed by atoms with Crippen LogP contribution >= 0.6 is 11.6 Å². The first-order valence-electron chi connectivity index (χ1n) is 11.0. The molecule has 1 aliphatic rings. The first-order valence-corrected chi connectivity index (χ1v) is 11.4. The van der Waals surface area contributed by atoms with Gasteiger partial charge in [-0.25, -0.2) is 18.7 Å². The summed E-state index contributed by atoms with van der Waals surface area (Å²) in [5, 5.41) is 3.57. The van der Waals surface area contributed by atoms with Crippen molar-refractivity contribution in [3.63, 3.8) is 0 Å². The number of hydrogen-bond acceptors (Lipinski definition) is 4. The number of nitrogens with zero attached hydrogens (tertiary/aromatic N) is 3. The van der Waals surface area contributed by atoms with Gasteiger partial charge in [0.2, 0.25) is 5.92 Å². The smallest absolute Gasteiger partial charge is 0.258 e. The van der Waals surface area contributed by atoms with E-state index in [0.717, 1.165) is 11.1 Å². The largest absolute Gasteiger partial charge is 0.320 e. The van der Waals surface area contributed by atoms with Gasteiger partial charge in [0.1, 0.15) is 5.82 Å². The van der Waals surface area contributed by atoms with Gasteiger partial charge in [0.05, 0.1) is 16.9 Å². The average Bonchev–Trinajstić information content (AvgIpc) is 2.80. The van der Waals surface area contributed by atoms with E-state index in [0.29, 0.717) is 40.6 Å². The summed E-state index contributed by atoms with van der Waals surface area (Å²) in [4.78, 5) is 26.2. The Morgan fingerprint density at radius 3 is 2.30 bits per heavy atom. The Labute approximate surface area is 196 Å². The fraction of sp³-hybridized carbons (Fsp3) is 0.360. The van der Waals surface area contributed by atoms with Gasteiger partial charge < -0.3 is 5.32 Å². The van der Waals surface area contributed by atoms with Crippen LogP contribution in [0.4, 0.5) is 14.5 Å². The molecule has 2 heterocycles. The molecular weight excluding hydrogens is 446 g/mol. The second kappa shape index (κ2) is 9.51. The van der Waals surface area contributed by atoms with Crippen molar-refractivity contribution in [3.05, 3.63) is 71.0 Å². The van der Waals surface area contributed by atoms with Gasteiger partial charge in [0.15, 0.2) is 0 Å². The first-order chi connectivity index (χ1) is 15.7. The first kappa shape index (κ1) is 23.2. The molecule has 1 N–H and O–H groups in total. The van der Waals surface area contributed by atoms with Crippen LogP contribution in [0.2, 0.25) is 5.02 Å². The van der Waals surface area contributed by atoms with Crippen LogP contribution in [0.25, 0.3) is 11.1 Å². The number of benzene rings is 1. The molecule has 0 saturated heterocycles. The second-order valence-electron chi connectivity index (χ2n) is 8.69. The van der Waals surface area contributed by atoms with Crippen LogP contribution in [0, 0.1) is 0 Å². The lowest BCUT2D eigenvalue weighted by molar-refractivity contribution is -0.0384. The predicted molar refractivity (Wildman–Crippen MR) is 125 cm³/mol. The molecule has 172 valence electrons. The summed E-state index contributed by atoms with van der Waals surface area (Å²) < 4.78 is 27.6. The van der Waals surface area contributed by atoms with E-state index in [-0.39, 0.29) is 30.6 Å². The molecule has 1 amide bonds. The van der Waals surface area contributed by atoms with Gasteiger partial charge in [0.25, 0.3) is 5.91 Å². The quantitative estimate of drug-likeness (QED) is 0.442. The normalized spacial score (nSPS) is 16.1. The predicted octanol–water partition coefficient (Wildman–Crippen LogP) is 6.86. The second-order valence-corrected chi connectivity index (χ2v) is 9.13. The Balaban J connectivity index is 1.71. The molecule has 0 bridgehead atoms. The third-order valence-electron chi connectivity index (χ3n) is 5.93. The minimum absolute atomic E-state index is 0.146. The maximum Gasteiger partial charge on any atom is 0.258 e. The number of rotatable bonds is 5. The topological polar surface area (TPSA) is 67.8 Å². The number of aromatic nitrogens is 3. The number of carbonyl (C=O) groups is 1. The number of carbonyl (C=O) groups excluding carboxylic acids is 1. The van der Waals surface area contributed by atoms with E-state index in [2.05, 4.69) is 20.3 Å². The molecule has 0 spiro atoms. The molecule has 0 unspecified atom stereocenters. The molecule has 1 aromatic carbocycles. The van der Waals surface area contributed by atoms with Gasteiger partial charge in [-0.05, 0) is 36.6 Å². The maximum absolute atomic E-state index is 13.8. The maximum atomic E-state index is 13.8. The highest BCUT2D eigenvalue weighted by Gasteiger charge is 2.37. The van der Waals surface area contributed by atoms with Gasteiger partial charge in [-0.3, -0.25) is 9.78 Å². The van der Waals surface area contributed by atoms with Gasteiger partial charge in [0, 0.05) is 53.9 Å². The minimum Gasteiger partial charge on any atom is -0.320 e. The van der Waals surface area contributed by atoms with Crippen LogP contribution in [0.3, 0.4) is 0 Å². The number of halogens is 3. The molecule has 3 aromatic rings. The molecule has 0 aliphatic heterocycles. The number of pyridine rings is 1. The van der Waals surface area contributed by atoms with Crippen molar-refractivity contribution >= 4 is 23.2 Å². The van der Waals surface area contributed by atoms with Crippen molar-refractivity contribution in [2.24, 2.45) is 0 Å². The van der Waals surface area contributed by atoms with Crippen molar-refractivity contribution in [3.8, 4) is 11.1 Å². The summed E-state index contributed by atoms with van der Waals surface area (Å²) >= 11 is 6.05. The fourth-order valence-electron chi connectivity index (χ4n) is 4.04. The van der Waals surface area contributed by atoms with E-state index >= 15 is 0 Å². The third-order valence-corrected chi connectivity index (χ3v) is 6.18. The van der Waals surface area contributed by atoms with E-state index in [1.165, 1.54) is 12.4 Å². The molecule has 4 rings (SSSR count). The molecular formula is C25H25ClF2N4O. The minimum atomic E-state index is -2.65. The molecule has 1 aliphatic carbocycles. The molecule has 1 saturated carbocycles. The molecule has 5 nitrogen and oxygen atoms in total. The fourth-order valence-corrected chi connectivity index (χ4v) is 4.17. The van der Waals surface area contributed by atoms with Crippen molar-refractivity contribution in [2.75, 3.05) is 5.32 Å². The van der Waals surface area contributed by atoms with Gasteiger partial charge in [-0.1, -0.05) is 37.6 Å². The van der Waals surface area contributed by atoms with Gasteiger partial charge in [-0.2, -0.15) is 0 Å². The summed E-state index contributed by atoms with van der Waals surface area (Å²) in [5.41, 5.74) is 3.04. The average molecular weight is 471 g/mol. The monoisotopic (exact) mass is 470 g/mol. The summed E-state index contributed by atoms with van der Waals surface area (Å²) in [7, 11) is 0. The Morgan fingerprint density at radius 1 is 1.06 bits per heavy atom. The number of anilines is 1. The highest BCUT2D eigenvalue weighted by Crippen LogP contribution is 2.44. The SMILES string of the molecule is CC(C)c1ncc(C(=O)Nc2c(-c3ccc(Cl)cc3)ccnc2C2CCC(F)(F)CC2)cn1. The van der Waals surface area contributed by atoms with Gasteiger partial charge in [-0.15, -0.1) is 0 Å². The van der Waals surface area contributed by atoms with Gasteiger partial charge >= 0.3 is 0 Å². The summed E-state index contributed by atoms with van der Waals surface area (Å²) in [6, 6.07) is 9.04. The molecule has 8 heteroatoms. The standard InChI is InChI=1S/C25H25ClF2N4O/c1-15(2)23-30-13-18(14-31-23)24(33)32-22-20(16-3-5-19(26)6-4-16)9-12-29-21(22)17-7-10-25(27,28)11-8-17/h3-6,9,12-15,17H,7-8,10-11H2,1-2H3,(H,32,33). The van der Waals surface area contributed by atoms with E-state index in [9.17, 15) is 13.6 Å². The lowest BCUT2D eigenvalue weighted by Crippen LogP contribution is -2.25. The van der Waals surface area contributed by atoms with E-state index in [1.807, 2.05) is 26.0 Å². The Morgan fingerprint density at radius 2 is 1.70 bits per heavy atom. The van der Waals surface area contributed by atoms with E-state index in [4.69, 9.17) is 11.6 Å². The van der Waals surface area contributed by atoms with Crippen molar-refractivity contribution in [1.29, 1.82) is 0 Å². The van der Waals surface area contributed by atoms with Crippen molar-refractivity contribution in [2.45, 2.75) is 57.3 Å². The summed E-state index contributed by atoms with van der Waals surface area (Å²) in [6.45, 7) is 3.95. The summed E-state index contributed by atoms with van der Waals surface area (Å²) in [6.07, 6.45) is 4.87. The highest BCUT2D eigenvalue weighted by atomic mass is 35.5. The van der Waals surface area contributed by atoms with Crippen LogP contribution in [-0.4, -0.2) is 26.8 Å². The zero-order chi connectivity index (χ0) is 23.6. The molecule has 0 atom stereocenters. The molecule has 0 radical (unpaired) electrons. The van der Waals surface area contributed by atoms with Crippen LogP contribution in [-0.2, 0) is 0 Å². The zero-order valence-corrected chi connectivity index (χ0v) is 19.2. The zero-order valence-electron chi connectivity index (χ0n) is 18.5. The number of hydrogen-bond donors (Lipinski definition) is 1. The Bertz CT molecular complexity index is 1120. The lowest BCUT2D eigenvalue weighted by Gasteiger charge is -2.29. The van der Waals surface area contributed by atoms with Crippen LogP contribution in [0.1, 0.15) is 73.2 Å². The third kappa shape index (κ3) is 5.36. The van der Waals surface area contributed by atoms with Crippen LogP contribution in [0.15, 0.2) is 48.9 Å². The number of amides is 1. The van der Waals surface area contributed by atoms with Crippen molar-refractivity contribution in [1.82, 2.24) is 15.0 Å². The highest BCUT2D eigenvalue weighted by molar-refractivity contribution is 6.30. The van der Waals surface area contributed by atoms with Crippen LogP contribution in [0.5, 0.6) is 0 Å².